The van der Waals surface area contributed by atoms with Crippen molar-refractivity contribution < 1.29 is 4.79 Å². The fraction of sp³-hybridized carbons (Fsp3) is 0.167. The zero-order valence-electron chi connectivity index (χ0n) is 9.43. The van der Waals surface area contributed by atoms with Crippen LogP contribution in [0.2, 0.25) is 0 Å². The van der Waals surface area contributed by atoms with E-state index in [0.29, 0.717) is 17.8 Å². The number of carbonyl (C=O) groups excluding carboxylic acids is 1. The molecule has 1 amide bonds. The van der Waals surface area contributed by atoms with Crippen molar-refractivity contribution in [3.63, 3.8) is 0 Å². The summed E-state index contributed by atoms with van der Waals surface area (Å²) in [6.07, 6.45) is 0. The number of aromatic nitrogens is 1. The first-order valence-electron chi connectivity index (χ1n) is 5.20. The van der Waals surface area contributed by atoms with E-state index in [1.54, 1.807) is 35.6 Å². The number of aryl methyl sites for hydroxylation is 1. The van der Waals surface area contributed by atoms with E-state index in [-0.39, 0.29) is 5.91 Å². The minimum absolute atomic E-state index is 0.113. The zero-order valence-corrected chi connectivity index (χ0v) is 10.3. The van der Waals surface area contributed by atoms with Gasteiger partial charge in [-0.2, -0.15) is 0 Å². The molecule has 1 heterocycles. The van der Waals surface area contributed by atoms with Crippen LogP contribution in [0.1, 0.15) is 21.1 Å². The van der Waals surface area contributed by atoms with E-state index in [1.807, 2.05) is 12.3 Å². The summed E-state index contributed by atoms with van der Waals surface area (Å²) in [5.41, 5.74) is 7.79. The predicted molar refractivity (Wildman–Crippen MR) is 68.9 cm³/mol. The first-order chi connectivity index (χ1) is 8.15. The van der Waals surface area contributed by atoms with Crippen molar-refractivity contribution in [1.29, 1.82) is 0 Å². The van der Waals surface area contributed by atoms with Gasteiger partial charge in [0.2, 0.25) is 0 Å². The number of carbonyl (C=O) groups is 1. The molecule has 0 unspecified atom stereocenters. The molecule has 2 aromatic rings. The zero-order chi connectivity index (χ0) is 12.3. The van der Waals surface area contributed by atoms with Gasteiger partial charge in [-0.15, -0.1) is 11.3 Å². The second kappa shape index (κ2) is 4.97. The number of amides is 1. The van der Waals surface area contributed by atoms with Crippen molar-refractivity contribution in [3.05, 3.63) is 45.9 Å². The van der Waals surface area contributed by atoms with Crippen LogP contribution in [0, 0.1) is 6.92 Å². The number of thiazole rings is 1. The maximum Gasteiger partial charge on any atom is 0.251 e. The number of nitrogen functional groups attached to an aromatic ring is 1. The van der Waals surface area contributed by atoms with E-state index in [2.05, 4.69) is 10.3 Å². The molecule has 2 rings (SSSR count). The lowest BCUT2D eigenvalue weighted by Crippen LogP contribution is -2.22. The summed E-state index contributed by atoms with van der Waals surface area (Å²) >= 11 is 1.54. The first-order valence-corrected chi connectivity index (χ1v) is 6.08. The third-order valence-corrected chi connectivity index (χ3v) is 3.21. The number of nitrogens with one attached hydrogen (secondary N) is 1. The van der Waals surface area contributed by atoms with Crippen LogP contribution in [0.25, 0.3) is 0 Å². The Bertz CT molecular complexity index is 519. The number of anilines is 1. The maximum atomic E-state index is 11.8. The molecule has 0 aliphatic rings. The van der Waals surface area contributed by atoms with E-state index < -0.39 is 0 Å². The highest BCUT2D eigenvalue weighted by atomic mass is 32.1. The van der Waals surface area contributed by atoms with Crippen LogP contribution in [0.15, 0.2) is 29.6 Å². The third-order valence-electron chi connectivity index (χ3n) is 2.24. The van der Waals surface area contributed by atoms with Crippen molar-refractivity contribution in [2.45, 2.75) is 13.5 Å². The summed E-state index contributed by atoms with van der Waals surface area (Å²) in [6, 6.07) is 6.83. The molecule has 0 saturated heterocycles. The SMILES string of the molecule is Cc1csc(CNC(=O)c2ccc(N)cc2)n1. The van der Waals surface area contributed by atoms with E-state index in [9.17, 15) is 4.79 Å². The summed E-state index contributed by atoms with van der Waals surface area (Å²) in [4.78, 5) is 16.0. The molecule has 0 aliphatic heterocycles. The average Bonchev–Trinajstić information content (AvgIpc) is 2.73. The Morgan fingerprint density at radius 1 is 1.41 bits per heavy atom. The normalized spacial score (nSPS) is 10.2. The van der Waals surface area contributed by atoms with Gasteiger partial charge in [-0.1, -0.05) is 0 Å². The summed E-state index contributed by atoms with van der Waals surface area (Å²) in [6.45, 7) is 2.39. The maximum absolute atomic E-state index is 11.8. The van der Waals surface area contributed by atoms with Crippen LogP contribution in [-0.2, 0) is 6.54 Å². The Hall–Kier alpha value is -1.88. The standard InChI is InChI=1S/C12H13N3OS/c1-8-7-17-11(15-8)6-14-12(16)9-2-4-10(13)5-3-9/h2-5,7H,6,13H2,1H3,(H,14,16). The molecule has 0 fully saturated rings. The number of nitrogens with two attached hydrogens (primary N) is 1. The molecule has 1 aromatic heterocycles. The molecule has 0 radical (unpaired) electrons. The van der Waals surface area contributed by atoms with Crippen LogP contribution < -0.4 is 11.1 Å². The van der Waals surface area contributed by atoms with E-state index in [1.165, 1.54) is 0 Å². The number of benzene rings is 1. The van der Waals surface area contributed by atoms with Gasteiger partial charge in [0.1, 0.15) is 5.01 Å². The molecule has 0 bridgehead atoms. The molecule has 5 heteroatoms. The van der Waals surface area contributed by atoms with E-state index in [4.69, 9.17) is 5.73 Å². The molecule has 0 spiro atoms. The van der Waals surface area contributed by atoms with Gasteiger partial charge in [0.15, 0.2) is 0 Å². The molecular formula is C12H13N3OS. The van der Waals surface area contributed by atoms with Crippen LogP contribution in [0.5, 0.6) is 0 Å². The molecule has 0 saturated carbocycles. The van der Waals surface area contributed by atoms with E-state index >= 15 is 0 Å². The number of hydrogen-bond donors (Lipinski definition) is 2. The Balaban J connectivity index is 1.95. The van der Waals surface area contributed by atoms with Crippen LogP contribution in [-0.4, -0.2) is 10.9 Å². The molecular weight excluding hydrogens is 234 g/mol. The smallest absolute Gasteiger partial charge is 0.251 e. The number of rotatable bonds is 3. The topological polar surface area (TPSA) is 68.0 Å². The Kier molecular flexibility index (Phi) is 3.39. The average molecular weight is 247 g/mol. The van der Waals surface area contributed by atoms with Crippen molar-refractivity contribution in [2.75, 3.05) is 5.73 Å². The van der Waals surface area contributed by atoms with Crippen molar-refractivity contribution in [2.24, 2.45) is 0 Å². The monoisotopic (exact) mass is 247 g/mol. The lowest BCUT2D eigenvalue weighted by Gasteiger charge is -2.03. The summed E-state index contributed by atoms with van der Waals surface area (Å²) in [5, 5.41) is 5.69. The molecule has 17 heavy (non-hydrogen) atoms. The molecule has 0 atom stereocenters. The highest BCUT2D eigenvalue weighted by molar-refractivity contribution is 7.09. The highest BCUT2D eigenvalue weighted by Crippen LogP contribution is 2.09. The van der Waals surface area contributed by atoms with Gasteiger partial charge in [0.25, 0.3) is 5.91 Å². The largest absolute Gasteiger partial charge is 0.399 e. The Morgan fingerprint density at radius 2 is 2.12 bits per heavy atom. The third kappa shape index (κ3) is 3.04. The number of hydrogen-bond acceptors (Lipinski definition) is 4. The van der Waals surface area contributed by atoms with Gasteiger partial charge in [0, 0.05) is 22.3 Å². The van der Waals surface area contributed by atoms with Gasteiger partial charge in [0.05, 0.1) is 6.54 Å². The summed E-state index contributed by atoms with van der Waals surface area (Å²) < 4.78 is 0. The molecule has 4 nitrogen and oxygen atoms in total. The lowest BCUT2D eigenvalue weighted by atomic mass is 10.2. The predicted octanol–water partition coefficient (Wildman–Crippen LogP) is 1.96. The van der Waals surface area contributed by atoms with Gasteiger partial charge in [-0.05, 0) is 31.2 Å². The minimum atomic E-state index is -0.113. The highest BCUT2D eigenvalue weighted by Gasteiger charge is 2.05. The fourth-order valence-electron chi connectivity index (χ4n) is 1.38. The van der Waals surface area contributed by atoms with Crippen LogP contribution in [0.3, 0.4) is 0 Å². The lowest BCUT2D eigenvalue weighted by molar-refractivity contribution is 0.0951. The van der Waals surface area contributed by atoms with Crippen molar-refractivity contribution in [1.82, 2.24) is 10.3 Å². The van der Waals surface area contributed by atoms with Gasteiger partial charge >= 0.3 is 0 Å². The Labute approximate surface area is 103 Å². The van der Waals surface area contributed by atoms with Crippen LogP contribution in [0.4, 0.5) is 5.69 Å². The van der Waals surface area contributed by atoms with Gasteiger partial charge in [-0.25, -0.2) is 4.98 Å². The molecule has 0 aliphatic carbocycles. The molecule has 3 N–H and O–H groups in total. The first kappa shape index (κ1) is 11.6. The van der Waals surface area contributed by atoms with E-state index in [0.717, 1.165) is 10.7 Å². The second-order valence-electron chi connectivity index (χ2n) is 3.69. The van der Waals surface area contributed by atoms with Crippen molar-refractivity contribution >= 4 is 22.9 Å². The quantitative estimate of drug-likeness (QED) is 0.815. The fourth-order valence-corrected chi connectivity index (χ4v) is 2.09. The molecule has 1 aromatic carbocycles. The summed E-state index contributed by atoms with van der Waals surface area (Å²) in [7, 11) is 0. The van der Waals surface area contributed by atoms with Gasteiger partial charge in [-0.3, -0.25) is 4.79 Å². The minimum Gasteiger partial charge on any atom is -0.399 e. The number of nitrogens with zero attached hydrogens (tertiary/aromatic N) is 1. The van der Waals surface area contributed by atoms with Gasteiger partial charge < -0.3 is 11.1 Å². The van der Waals surface area contributed by atoms with Crippen LogP contribution >= 0.6 is 11.3 Å². The molecule has 88 valence electrons. The van der Waals surface area contributed by atoms with Crippen molar-refractivity contribution in [3.8, 4) is 0 Å². The second-order valence-corrected chi connectivity index (χ2v) is 4.63. The Morgan fingerprint density at radius 3 is 2.71 bits per heavy atom. The summed E-state index contributed by atoms with van der Waals surface area (Å²) in [5.74, 6) is -0.113.